The summed E-state index contributed by atoms with van der Waals surface area (Å²) in [5.41, 5.74) is 0.947. The normalized spacial score (nSPS) is 12.9. The van der Waals surface area contributed by atoms with Crippen LogP contribution in [0.2, 0.25) is 0 Å². The van der Waals surface area contributed by atoms with Crippen LogP contribution in [0.4, 0.5) is 5.13 Å². The van der Waals surface area contributed by atoms with Gasteiger partial charge in [-0.05, 0) is 17.4 Å². The maximum Gasteiger partial charge on any atom is 0.249 e. The molecule has 2 N–H and O–H groups in total. The summed E-state index contributed by atoms with van der Waals surface area (Å²) in [6, 6.07) is 12.9. The Labute approximate surface area is 172 Å². The van der Waals surface area contributed by atoms with E-state index in [4.69, 9.17) is 0 Å². The van der Waals surface area contributed by atoms with Gasteiger partial charge in [0.2, 0.25) is 16.9 Å². The second kappa shape index (κ2) is 9.57. The number of benzene rings is 1. The van der Waals surface area contributed by atoms with Crippen molar-refractivity contribution in [2.24, 2.45) is 5.92 Å². The molecule has 6 nitrogen and oxygen atoms in total. The number of carbonyl (C=O) groups excluding carboxylic acids is 2. The Morgan fingerprint density at radius 1 is 1.11 bits per heavy atom. The van der Waals surface area contributed by atoms with Crippen LogP contribution in [0.1, 0.15) is 25.1 Å². The molecule has 3 aromatic rings. The Morgan fingerprint density at radius 3 is 2.57 bits per heavy atom. The maximum atomic E-state index is 12.8. The number of carbonyl (C=O) groups is 2. The molecule has 0 radical (unpaired) electrons. The molecule has 0 aliphatic carbocycles. The molecule has 0 fully saturated rings. The summed E-state index contributed by atoms with van der Waals surface area (Å²) in [7, 11) is 0. The summed E-state index contributed by atoms with van der Waals surface area (Å²) in [5.74, 6) is -0.441. The molecule has 2 heterocycles. The van der Waals surface area contributed by atoms with Gasteiger partial charge in [-0.1, -0.05) is 68.0 Å². The van der Waals surface area contributed by atoms with Gasteiger partial charge in [0.15, 0.2) is 0 Å². The van der Waals surface area contributed by atoms with Crippen LogP contribution in [0.3, 0.4) is 0 Å². The van der Waals surface area contributed by atoms with Crippen molar-refractivity contribution in [3.8, 4) is 10.6 Å². The minimum atomic E-state index is -0.624. The second-order valence-electron chi connectivity index (χ2n) is 6.45. The van der Waals surface area contributed by atoms with Gasteiger partial charge >= 0.3 is 0 Å². The number of rotatable bonds is 8. The number of amides is 2. The number of aromatic nitrogens is 2. The van der Waals surface area contributed by atoms with Crippen molar-refractivity contribution in [1.82, 2.24) is 15.5 Å². The first kappa shape index (κ1) is 20.2. The minimum Gasteiger partial charge on any atom is -0.344 e. The molecule has 2 aromatic heterocycles. The molecule has 0 saturated heterocycles. The molecule has 2 unspecified atom stereocenters. The monoisotopic (exact) mass is 414 g/mol. The van der Waals surface area contributed by atoms with E-state index in [1.807, 2.05) is 61.7 Å². The largest absolute Gasteiger partial charge is 0.344 e. The lowest BCUT2D eigenvalue weighted by atomic mass is 9.98. The van der Waals surface area contributed by atoms with E-state index in [0.717, 1.165) is 21.9 Å². The summed E-state index contributed by atoms with van der Waals surface area (Å²) in [6.45, 7) is 3.94. The van der Waals surface area contributed by atoms with Crippen LogP contribution >= 0.6 is 22.7 Å². The maximum absolute atomic E-state index is 12.8. The molecule has 8 heteroatoms. The lowest BCUT2D eigenvalue weighted by Crippen LogP contribution is -2.48. The van der Waals surface area contributed by atoms with Crippen LogP contribution in [0.15, 0.2) is 47.8 Å². The molecule has 0 aliphatic heterocycles. The van der Waals surface area contributed by atoms with Crippen LogP contribution in [0, 0.1) is 5.92 Å². The topological polar surface area (TPSA) is 84.0 Å². The van der Waals surface area contributed by atoms with Gasteiger partial charge in [-0.3, -0.25) is 14.9 Å². The molecule has 3 rings (SSSR count). The van der Waals surface area contributed by atoms with E-state index < -0.39 is 6.04 Å². The van der Waals surface area contributed by atoms with Gasteiger partial charge < -0.3 is 5.32 Å². The fourth-order valence-electron chi connectivity index (χ4n) is 2.65. The van der Waals surface area contributed by atoms with Crippen molar-refractivity contribution >= 4 is 39.6 Å². The fourth-order valence-corrected chi connectivity index (χ4v) is 4.11. The van der Waals surface area contributed by atoms with Gasteiger partial charge in [0.1, 0.15) is 11.0 Å². The Hall–Kier alpha value is -2.58. The Balaban J connectivity index is 1.66. The summed E-state index contributed by atoms with van der Waals surface area (Å²) in [4.78, 5) is 26.2. The predicted octanol–water partition coefficient (Wildman–Crippen LogP) is 3.98. The number of nitrogens with zero attached hydrogens (tertiary/aromatic N) is 2. The first-order valence-electron chi connectivity index (χ1n) is 9.08. The third-order valence-corrected chi connectivity index (χ3v) is 6.17. The van der Waals surface area contributed by atoms with Crippen LogP contribution in [-0.2, 0) is 16.0 Å². The minimum absolute atomic E-state index is 0.00574. The van der Waals surface area contributed by atoms with Crippen molar-refractivity contribution in [1.29, 1.82) is 0 Å². The first-order chi connectivity index (χ1) is 13.6. The zero-order chi connectivity index (χ0) is 19.9. The third-order valence-electron chi connectivity index (χ3n) is 4.40. The van der Waals surface area contributed by atoms with Crippen molar-refractivity contribution < 1.29 is 9.59 Å². The molecule has 28 heavy (non-hydrogen) atoms. The average molecular weight is 415 g/mol. The van der Waals surface area contributed by atoms with Crippen LogP contribution < -0.4 is 10.6 Å². The molecule has 146 valence electrons. The van der Waals surface area contributed by atoms with Crippen molar-refractivity contribution in [2.45, 2.75) is 32.7 Å². The van der Waals surface area contributed by atoms with Crippen LogP contribution in [-0.4, -0.2) is 28.1 Å². The van der Waals surface area contributed by atoms with Crippen molar-refractivity contribution in [3.63, 3.8) is 0 Å². The second-order valence-corrected chi connectivity index (χ2v) is 8.46. The summed E-state index contributed by atoms with van der Waals surface area (Å²) in [5, 5.41) is 17.0. The van der Waals surface area contributed by atoms with Gasteiger partial charge in [-0.2, -0.15) is 0 Å². The van der Waals surface area contributed by atoms with Crippen LogP contribution in [0.5, 0.6) is 0 Å². The summed E-state index contributed by atoms with van der Waals surface area (Å²) >= 11 is 2.83. The highest BCUT2D eigenvalue weighted by atomic mass is 32.1. The lowest BCUT2D eigenvalue weighted by molar-refractivity contribution is -0.127. The van der Waals surface area contributed by atoms with E-state index in [1.54, 1.807) is 0 Å². The summed E-state index contributed by atoms with van der Waals surface area (Å²) < 4.78 is 0. The number of anilines is 1. The van der Waals surface area contributed by atoms with E-state index in [1.165, 1.54) is 22.7 Å². The molecule has 2 atom stereocenters. The van der Waals surface area contributed by atoms with E-state index in [-0.39, 0.29) is 24.2 Å². The van der Waals surface area contributed by atoms with Gasteiger partial charge in [-0.15, -0.1) is 21.5 Å². The van der Waals surface area contributed by atoms with Crippen molar-refractivity contribution in [2.75, 3.05) is 5.32 Å². The SMILES string of the molecule is CCC(C)C(NC(=O)Cc1cccs1)C(=O)Nc1nnc(-c2ccccc2)s1. The van der Waals surface area contributed by atoms with E-state index in [2.05, 4.69) is 20.8 Å². The number of hydrogen-bond acceptors (Lipinski definition) is 6. The standard InChI is InChI=1S/C20H22N4O2S2/c1-3-13(2)17(21-16(25)12-15-10-7-11-27-15)18(26)22-20-24-23-19(28-20)14-8-5-4-6-9-14/h4-11,13,17H,3,12H2,1-2H3,(H,21,25)(H,22,24,26). The third kappa shape index (κ3) is 5.24. The number of hydrogen-bond donors (Lipinski definition) is 2. The molecule has 0 saturated carbocycles. The highest BCUT2D eigenvalue weighted by Crippen LogP contribution is 2.26. The van der Waals surface area contributed by atoms with Crippen molar-refractivity contribution in [3.05, 3.63) is 52.7 Å². The van der Waals surface area contributed by atoms with Gasteiger partial charge in [-0.25, -0.2) is 0 Å². The Bertz CT molecular complexity index is 909. The molecule has 0 bridgehead atoms. The molecular formula is C20H22N4O2S2. The first-order valence-corrected chi connectivity index (χ1v) is 10.8. The number of nitrogens with one attached hydrogen (secondary N) is 2. The zero-order valence-electron chi connectivity index (χ0n) is 15.7. The molecular weight excluding hydrogens is 392 g/mol. The predicted molar refractivity (Wildman–Crippen MR) is 113 cm³/mol. The van der Waals surface area contributed by atoms with E-state index in [9.17, 15) is 9.59 Å². The van der Waals surface area contributed by atoms with E-state index in [0.29, 0.717) is 5.13 Å². The Kier molecular flexibility index (Phi) is 6.89. The van der Waals surface area contributed by atoms with E-state index >= 15 is 0 Å². The lowest BCUT2D eigenvalue weighted by Gasteiger charge is -2.22. The fraction of sp³-hybridized carbons (Fsp3) is 0.300. The van der Waals surface area contributed by atoms with Gasteiger partial charge in [0.05, 0.1) is 6.42 Å². The van der Waals surface area contributed by atoms with Gasteiger partial charge in [0, 0.05) is 10.4 Å². The highest BCUT2D eigenvalue weighted by molar-refractivity contribution is 7.18. The molecule has 1 aromatic carbocycles. The molecule has 2 amide bonds. The quantitative estimate of drug-likeness (QED) is 0.584. The highest BCUT2D eigenvalue weighted by Gasteiger charge is 2.27. The smallest absolute Gasteiger partial charge is 0.249 e. The average Bonchev–Trinajstić information content (AvgIpc) is 3.38. The molecule has 0 spiro atoms. The molecule has 0 aliphatic rings. The Morgan fingerprint density at radius 2 is 1.89 bits per heavy atom. The zero-order valence-corrected chi connectivity index (χ0v) is 17.3. The van der Waals surface area contributed by atoms with Crippen LogP contribution in [0.25, 0.3) is 10.6 Å². The summed E-state index contributed by atoms with van der Waals surface area (Å²) in [6.07, 6.45) is 1.04. The van der Waals surface area contributed by atoms with Gasteiger partial charge in [0.25, 0.3) is 0 Å². The number of thiophene rings is 1.